The third-order valence-electron chi connectivity index (χ3n) is 3.77. The Morgan fingerprint density at radius 1 is 0.692 bits per heavy atom. The molecule has 7 nitrogen and oxygen atoms in total. The quantitative estimate of drug-likeness (QED) is 0.557. The van der Waals surface area contributed by atoms with E-state index in [0.717, 1.165) is 0 Å². The van der Waals surface area contributed by atoms with E-state index < -0.39 is 21.3 Å². The molecule has 0 saturated carbocycles. The number of sulfonamides is 1. The van der Waals surface area contributed by atoms with Gasteiger partial charge in [0, 0.05) is 28.6 Å². The van der Waals surface area contributed by atoms with Crippen molar-refractivity contribution in [3.05, 3.63) is 81.5 Å². The first-order valence-electron chi connectivity index (χ1n) is 7.51. The molecule has 0 aliphatic rings. The second kappa shape index (κ2) is 5.85. The van der Waals surface area contributed by atoms with E-state index in [1.807, 2.05) is 0 Å². The molecule has 4 aromatic rings. The van der Waals surface area contributed by atoms with Crippen molar-refractivity contribution in [2.75, 3.05) is 4.72 Å². The van der Waals surface area contributed by atoms with Gasteiger partial charge in [0.05, 0.1) is 4.90 Å². The van der Waals surface area contributed by atoms with Crippen molar-refractivity contribution in [1.29, 1.82) is 0 Å². The molecule has 0 unspecified atom stereocenters. The number of nitrogens with one attached hydrogen (secondary N) is 1. The van der Waals surface area contributed by atoms with Gasteiger partial charge in [0.15, 0.2) is 0 Å². The molecule has 0 radical (unpaired) electrons. The molecule has 0 fully saturated rings. The van der Waals surface area contributed by atoms with E-state index in [-0.39, 0.29) is 4.90 Å². The van der Waals surface area contributed by atoms with Gasteiger partial charge in [0.2, 0.25) is 0 Å². The van der Waals surface area contributed by atoms with Crippen LogP contribution in [0.3, 0.4) is 0 Å². The van der Waals surface area contributed by atoms with E-state index in [1.54, 1.807) is 12.1 Å². The van der Waals surface area contributed by atoms with Crippen LogP contribution in [-0.4, -0.2) is 8.42 Å². The Balaban J connectivity index is 1.72. The fraction of sp³-hybridized carbons (Fsp3) is 0. The molecule has 8 heteroatoms. The Morgan fingerprint density at radius 2 is 1.27 bits per heavy atom. The van der Waals surface area contributed by atoms with E-state index in [0.29, 0.717) is 27.6 Å². The van der Waals surface area contributed by atoms with E-state index in [2.05, 4.69) is 4.72 Å². The lowest BCUT2D eigenvalue weighted by Crippen LogP contribution is -2.13. The lowest BCUT2D eigenvalue weighted by atomic mass is 10.2. The topological polar surface area (TPSA) is 107 Å². The Morgan fingerprint density at radius 3 is 1.92 bits per heavy atom. The summed E-state index contributed by atoms with van der Waals surface area (Å²) in [5.74, 6) is 0. The van der Waals surface area contributed by atoms with Gasteiger partial charge in [-0.3, -0.25) is 4.72 Å². The fourth-order valence-electron chi connectivity index (χ4n) is 2.57. The molecule has 26 heavy (non-hydrogen) atoms. The van der Waals surface area contributed by atoms with Crippen LogP contribution in [0.1, 0.15) is 0 Å². The fourth-order valence-corrected chi connectivity index (χ4v) is 3.65. The Hall–Kier alpha value is -3.39. The molecule has 0 bridgehead atoms. The van der Waals surface area contributed by atoms with Gasteiger partial charge in [0.25, 0.3) is 10.0 Å². The zero-order chi connectivity index (χ0) is 18.3. The second-order valence-corrected chi connectivity index (χ2v) is 7.25. The van der Waals surface area contributed by atoms with Gasteiger partial charge >= 0.3 is 11.3 Å². The van der Waals surface area contributed by atoms with Crippen LogP contribution >= 0.6 is 0 Å². The molecule has 130 valence electrons. The van der Waals surface area contributed by atoms with Crippen molar-refractivity contribution in [2.45, 2.75) is 4.90 Å². The van der Waals surface area contributed by atoms with E-state index >= 15 is 0 Å². The predicted molar refractivity (Wildman–Crippen MR) is 95.8 cm³/mol. The molecule has 0 aliphatic heterocycles. The minimum atomic E-state index is -3.85. The van der Waals surface area contributed by atoms with Crippen molar-refractivity contribution in [3.63, 3.8) is 0 Å². The summed E-state index contributed by atoms with van der Waals surface area (Å²) in [7, 11) is -3.85. The van der Waals surface area contributed by atoms with Crippen LogP contribution in [0, 0.1) is 0 Å². The smallest absolute Gasteiger partial charge is 0.336 e. The third kappa shape index (κ3) is 2.98. The standard InChI is InChI=1S/C18H11NO6S/c20-17-7-1-11-9-13(3-5-15(11)24-17)19-26(22,23)14-4-6-16-12(10-14)2-8-18(21)25-16/h1-10,19H. The van der Waals surface area contributed by atoms with Crippen molar-refractivity contribution in [2.24, 2.45) is 0 Å². The zero-order valence-electron chi connectivity index (χ0n) is 13.1. The molecule has 2 aromatic heterocycles. The Labute approximate surface area is 146 Å². The van der Waals surface area contributed by atoms with Crippen LogP contribution in [0.4, 0.5) is 5.69 Å². The van der Waals surface area contributed by atoms with Crippen molar-refractivity contribution in [3.8, 4) is 0 Å². The Bertz CT molecular complexity index is 1370. The lowest BCUT2D eigenvalue weighted by Gasteiger charge is -2.09. The molecule has 0 aliphatic carbocycles. The van der Waals surface area contributed by atoms with Crippen LogP contribution in [0.5, 0.6) is 0 Å². The Kier molecular flexibility index (Phi) is 3.62. The SMILES string of the molecule is O=c1ccc2cc(NS(=O)(=O)c3ccc4oc(=O)ccc4c3)ccc2o1. The summed E-state index contributed by atoms with van der Waals surface area (Å²) in [6, 6.07) is 14.3. The van der Waals surface area contributed by atoms with Crippen LogP contribution in [0.2, 0.25) is 0 Å². The summed E-state index contributed by atoms with van der Waals surface area (Å²) >= 11 is 0. The molecule has 0 amide bonds. The minimum absolute atomic E-state index is 0.0264. The van der Waals surface area contributed by atoms with E-state index in [9.17, 15) is 18.0 Å². The number of benzene rings is 2. The molecule has 1 N–H and O–H groups in total. The lowest BCUT2D eigenvalue weighted by molar-refractivity contribution is 0.560. The average molecular weight is 369 g/mol. The number of rotatable bonds is 3. The summed E-state index contributed by atoms with van der Waals surface area (Å²) in [6.45, 7) is 0. The summed E-state index contributed by atoms with van der Waals surface area (Å²) in [6.07, 6.45) is 0. The van der Waals surface area contributed by atoms with Gasteiger partial charge in [-0.2, -0.15) is 0 Å². The minimum Gasteiger partial charge on any atom is -0.423 e. The highest BCUT2D eigenvalue weighted by molar-refractivity contribution is 7.92. The van der Waals surface area contributed by atoms with Crippen molar-refractivity contribution in [1.82, 2.24) is 0 Å². The van der Waals surface area contributed by atoms with Crippen LogP contribution < -0.4 is 16.0 Å². The van der Waals surface area contributed by atoms with Crippen molar-refractivity contribution >= 4 is 37.6 Å². The van der Waals surface area contributed by atoms with E-state index in [1.165, 1.54) is 48.5 Å². The summed E-state index contributed by atoms with van der Waals surface area (Å²) in [4.78, 5) is 22.4. The zero-order valence-corrected chi connectivity index (χ0v) is 13.9. The molecule has 4 rings (SSSR count). The maximum Gasteiger partial charge on any atom is 0.336 e. The second-order valence-electron chi connectivity index (χ2n) is 5.57. The molecule has 2 aromatic carbocycles. The molecule has 0 spiro atoms. The van der Waals surface area contributed by atoms with Gasteiger partial charge in [-0.25, -0.2) is 18.0 Å². The number of anilines is 1. The molecule has 2 heterocycles. The van der Waals surface area contributed by atoms with E-state index in [4.69, 9.17) is 8.83 Å². The third-order valence-corrected chi connectivity index (χ3v) is 5.15. The van der Waals surface area contributed by atoms with Gasteiger partial charge in [0.1, 0.15) is 11.2 Å². The first-order chi connectivity index (χ1) is 12.4. The normalized spacial score (nSPS) is 11.7. The molecular weight excluding hydrogens is 358 g/mol. The summed E-state index contributed by atoms with van der Waals surface area (Å²) in [5.41, 5.74) is 0.00657. The van der Waals surface area contributed by atoms with Crippen LogP contribution in [0.15, 0.2) is 84.0 Å². The summed E-state index contributed by atoms with van der Waals surface area (Å²) in [5, 5.41) is 1.08. The summed E-state index contributed by atoms with van der Waals surface area (Å²) < 4.78 is 37.7. The number of fused-ring (bicyclic) bond motifs is 2. The van der Waals surface area contributed by atoms with Gasteiger partial charge in [-0.1, -0.05) is 0 Å². The van der Waals surface area contributed by atoms with Gasteiger partial charge in [-0.05, 0) is 48.5 Å². The van der Waals surface area contributed by atoms with Crippen LogP contribution in [0.25, 0.3) is 21.9 Å². The molecule has 0 saturated heterocycles. The number of hydrogen-bond acceptors (Lipinski definition) is 6. The van der Waals surface area contributed by atoms with Crippen molar-refractivity contribution < 1.29 is 17.3 Å². The highest BCUT2D eigenvalue weighted by Crippen LogP contribution is 2.23. The maximum absolute atomic E-state index is 12.6. The number of hydrogen-bond donors (Lipinski definition) is 1. The first kappa shape index (κ1) is 16.1. The first-order valence-corrected chi connectivity index (χ1v) is 9.00. The monoisotopic (exact) mass is 369 g/mol. The highest BCUT2D eigenvalue weighted by Gasteiger charge is 2.15. The average Bonchev–Trinajstić information content (AvgIpc) is 2.61. The largest absolute Gasteiger partial charge is 0.423 e. The highest BCUT2D eigenvalue weighted by atomic mass is 32.2. The maximum atomic E-state index is 12.6. The molecule has 0 atom stereocenters. The van der Waals surface area contributed by atoms with Crippen LogP contribution in [-0.2, 0) is 10.0 Å². The van der Waals surface area contributed by atoms with Gasteiger partial charge < -0.3 is 8.83 Å². The predicted octanol–water partition coefficient (Wildman–Crippen LogP) is 2.70. The molecular formula is C18H11NO6S. The van der Waals surface area contributed by atoms with Gasteiger partial charge in [-0.15, -0.1) is 0 Å².